The number of esters is 1. The Morgan fingerprint density at radius 2 is 1.56 bits per heavy atom. The van der Waals surface area contributed by atoms with Gasteiger partial charge in [0.2, 0.25) is 0 Å². The van der Waals surface area contributed by atoms with Gasteiger partial charge in [0.05, 0.1) is 28.5 Å². The molecule has 0 spiro atoms. The molecule has 0 saturated carbocycles. The summed E-state index contributed by atoms with van der Waals surface area (Å²) in [5, 5.41) is 1.06. The number of fused-ring (bicyclic) bond motifs is 2. The van der Waals surface area contributed by atoms with E-state index in [9.17, 15) is 9.59 Å². The zero-order valence-corrected chi connectivity index (χ0v) is 25.8. The fraction of sp³-hybridized carbons (Fsp3) is 0.132. The summed E-state index contributed by atoms with van der Waals surface area (Å²) in [6.45, 7) is 4.51. The lowest BCUT2D eigenvalue weighted by Gasteiger charge is -2.24. The molecule has 0 N–H and O–H groups in total. The van der Waals surface area contributed by atoms with Crippen LogP contribution in [0.3, 0.4) is 0 Å². The van der Waals surface area contributed by atoms with Crippen LogP contribution in [-0.4, -0.2) is 21.7 Å². The van der Waals surface area contributed by atoms with Gasteiger partial charge in [-0.25, -0.2) is 9.79 Å². The van der Waals surface area contributed by atoms with Crippen molar-refractivity contribution in [1.29, 1.82) is 0 Å². The number of nitrogens with zero attached hydrogens (tertiary/aromatic N) is 3. The van der Waals surface area contributed by atoms with Gasteiger partial charge in [0.1, 0.15) is 0 Å². The Balaban J connectivity index is 1.30. The molecule has 0 aliphatic carbocycles. The third-order valence-electron chi connectivity index (χ3n) is 8.15. The Bertz CT molecular complexity index is 2240. The lowest BCUT2D eigenvalue weighted by Crippen LogP contribution is -2.39. The molecule has 0 fully saturated rings. The predicted molar refractivity (Wildman–Crippen MR) is 180 cm³/mol. The molecule has 1 atom stereocenters. The topological polar surface area (TPSA) is 65.6 Å². The summed E-state index contributed by atoms with van der Waals surface area (Å²) >= 11 is 1.34. The number of hydrogen-bond donors (Lipinski definition) is 0. The first kappa shape index (κ1) is 28.5. The minimum atomic E-state index is -0.621. The number of benzene rings is 4. The number of carbonyl (C=O) groups excluding carboxylic acids is 1. The van der Waals surface area contributed by atoms with Crippen molar-refractivity contribution in [2.24, 2.45) is 4.99 Å². The van der Waals surface area contributed by atoms with Crippen molar-refractivity contribution in [3.05, 3.63) is 163 Å². The lowest BCUT2D eigenvalue weighted by molar-refractivity contribution is -0.139. The van der Waals surface area contributed by atoms with Gasteiger partial charge in [-0.05, 0) is 48.2 Å². The highest BCUT2D eigenvalue weighted by molar-refractivity contribution is 7.07. The second kappa shape index (κ2) is 12.0. The Kier molecular flexibility index (Phi) is 7.61. The monoisotopic (exact) mass is 609 g/mol. The molecule has 45 heavy (non-hydrogen) atoms. The van der Waals surface area contributed by atoms with E-state index in [4.69, 9.17) is 9.73 Å². The van der Waals surface area contributed by atoms with Crippen LogP contribution in [0.2, 0.25) is 0 Å². The van der Waals surface area contributed by atoms with E-state index >= 15 is 0 Å². The van der Waals surface area contributed by atoms with Gasteiger partial charge in [-0.3, -0.25) is 9.36 Å². The van der Waals surface area contributed by atoms with Crippen molar-refractivity contribution in [1.82, 2.24) is 9.13 Å². The molecule has 0 saturated heterocycles. The fourth-order valence-corrected chi connectivity index (χ4v) is 7.07. The van der Waals surface area contributed by atoms with Gasteiger partial charge in [0.25, 0.3) is 5.56 Å². The summed E-state index contributed by atoms with van der Waals surface area (Å²) < 4.78 is 9.83. The molecule has 0 amide bonds. The van der Waals surface area contributed by atoms with Crippen LogP contribution in [0.15, 0.2) is 136 Å². The smallest absolute Gasteiger partial charge is 0.338 e. The molecule has 7 heteroatoms. The highest BCUT2D eigenvalue weighted by atomic mass is 32.1. The Morgan fingerprint density at radius 1 is 0.889 bits per heavy atom. The van der Waals surface area contributed by atoms with Crippen molar-refractivity contribution >= 4 is 34.3 Å². The molecule has 4 aromatic carbocycles. The number of rotatable bonds is 7. The Labute approximate surface area is 264 Å². The summed E-state index contributed by atoms with van der Waals surface area (Å²) in [5.41, 5.74) is 7.20. The molecule has 6 aromatic rings. The molecule has 2 aromatic heterocycles. The number of aromatic nitrogens is 2. The summed E-state index contributed by atoms with van der Waals surface area (Å²) in [6.07, 6.45) is 4.06. The van der Waals surface area contributed by atoms with E-state index < -0.39 is 12.0 Å². The number of allylic oxidation sites excluding steroid dienone is 1. The minimum Gasteiger partial charge on any atom is -0.463 e. The van der Waals surface area contributed by atoms with Crippen molar-refractivity contribution in [3.63, 3.8) is 0 Å². The summed E-state index contributed by atoms with van der Waals surface area (Å²) in [6, 6.07) is 36.2. The SMILES string of the molecule is CCOC(=O)C1=C(C)N=c2s/c(=C\c3cn(Cc4ccc(-c5ccccc5)cc4)c4ccccc34)c(=O)n2C1c1ccccc1. The quantitative estimate of drug-likeness (QED) is 0.195. The number of carbonyl (C=O) groups is 1. The zero-order valence-electron chi connectivity index (χ0n) is 25.0. The number of ether oxygens (including phenoxy) is 1. The number of para-hydroxylation sites is 1. The van der Waals surface area contributed by atoms with Crippen molar-refractivity contribution in [2.45, 2.75) is 26.4 Å². The molecule has 1 unspecified atom stereocenters. The van der Waals surface area contributed by atoms with Crippen LogP contribution in [0.25, 0.3) is 28.1 Å². The molecule has 1 aliphatic heterocycles. The molecular weight excluding hydrogens is 579 g/mol. The summed E-state index contributed by atoms with van der Waals surface area (Å²) in [4.78, 5) is 32.5. The van der Waals surface area contributed by atoms with E-state index in [1.165, 1.54) is 28.0 Å². The molecule has 0 bridgehead atoms. The first-order valence-corrected chi connectivity index (χ1v) is 15.8. The number of hydrogen-bond acceptors (Lipinski definition) is 5. The van der Waals surface area contributed by atoms with E-state index in [2.05, 4.69) is 71.4 Å². The average Bonchev–Trinajstić information content (AvgIpc) is 3.57. The van der Waals surface area contributed by atoms with E-state index in [0.29, 0.717) is 27.1 Å². The fourth-order valence-electron chi connectivity index (χ4n) is 6.03. The normalized spacial score (nSPS) is 14.8. The van der Waals surface area contributed by atoms with Crippen LogP contribution >= 0.6 is 11.3 Å². The second-order valence-corrected chi connectivity index (χ2v) is 12.0. The Hall–Kier alpha value is -5.27. The first-order chi connectivity index (χ1) is 22.0. The van der Waals surface area contributed by atoms with Crippen LogP contribution < -0.4 is 14.9 Å². The van der Waals surface area contributed by atoms with Crippen LogP contribution in [0.4, 0.5) is 0 Å². The largest absolute Gasteiger partial charge is 0.463 e. The molecule has 6 nitrogen and oxygen atoms in total. The van der Waals surface area contributed by atoms with Crippen molar-refractivity contribution < 1.29 is 9.53 Å². The highest BCUT2D eigenvalue weighted by Gasteiger charge is 2.33. The molecule has 7 rings (SSSR count). The maximum atomic E-state index is 14.1. The molecular formula is C38H31N3O3S. The van der Waals surface area contributed by atoms with Gasteiger partial charge in [-0.2, -0.15) is 0 Å². The van der Waals surface area contributed by atoms with Gasteiger partial charge in [-0.15, -0.1) is 0 Å². The molecule has 1 aliphatic rings. The lowest BCUT2D eigenvalue weighted by atomic mass is 9.96. The van der Waals surface area contributed by atoms with E-state index in [0.717, 1.165) is 22.0 Å². The van der Waals surface area contributed by atoms with Crippen LogP contribution in [0.1, 0.15) is 36.6 Å². The highest BCUT2D eigenvalue weighted by Crippen LogP contribution is 2.31. The van der Waals surface area contributed by atoms with Crippen molar-refractivity contribution in [2.75, 3.05) is 6.61 Å². The van der Waals surface area contributed by atoms with Crippen LogP contribution in [0.5, 0.6) is 0 Å². The van der Waals surface area contributed by atoms with E-state index in [1.54, 1.807) is 18.4 Å². The summed E-state index contributed by atoms with van der Waals surface area (Å²) in [5.74, 6) is -0.457. The maximum absolute atomic E-state index is 14.1. The minimum absolute atomic E-state index is 0.185. The van der Waals surface area contributed by atoms with Gasteiger partial charge >= 0.3 is 5.97 Å². The number of thiazole rings is 1. The third-order valence-corrected chi connectivity index (χ3v) is 9.14. The van der Waals surface area contributed by atoms with E-state index in [1.807, 2.05) is 54.6 Å². The summed E-state index contributed by atoms with van der Waals surface area (Å²) in [7, 11) is 0. The maximum Gasteiger partial charge on any atom is 0.338 e. The van der Waals surface area contributed by atoms with Gasteiger partial charge in [-0.1, -0.05) is 114 Å². The average molecular weight is 610 g/mol. The van der Waals surface area contributed by atoms with Crippen LogP contribution in [-0.2, 0) is 16.1 Å². The third kappa shape index (κ3) is 5.36. The molecule has 0 radical (unpaired) electrons. The van der Waals surface area contributed by atoms with Crippen LogP contribution in [0, 0.1) is 0 Å². The predicted octanol–water partition coefficient (Wildman–Crippen LogP) is 6.47. The Morgan fingerprint density at radius 3 is 2.29 bits per heavy atom. The first-order valence-electron chi connectivity index (χ1n) is 15.0. The standard InChI is InChI=1S/C38H31N3O3S/c1-3-44-37(43)34-25(2)39-38-41(35(34)29-14-8-5-9-15-29)36(42)33(45-38)22-30-24-40(32-17-11-10-16-31(30)32)23-26-18-20-28(21-19-26)27-12-6-4-7-13-27/h4-22,24,35H,3,23H2,1-2H3/b33-22-. The van der Waals surface area contributed by atoms with Crippen molar-refractivity contribution in [3.8, 4) is 11.1 Å². The van der Waals surface area contributed by atoms with E-state index in [-0.39, 0.29) is 12.2 Å². The molecule has 3 heterocycles. The van der Waals surface area contributed by atoms with Gasteiger partial charge in [0.15, 0.2) is 4.80 Å². The van der Waals surface area contributed by atoms with Gasteiger partial charge < -0.3 is 9.30 Å². The second-order valence-electron chi connectivity index (χ2n) is 11.0. The zero-order chi connectivity index (χ0) is 30.9. The van der Waals surface area contributed by atoms with Gasteiger partial charge in [0, 0.05) is 29.2 Å². The molecule has 222 valence electrons.